The van der Waals surface area contributed by atoms with Gasteiger partial charge in [-0.15, -0.1) is 0 Å². The minimum Gasteiger partial charge on any atom is -0.478 e. The van der Waals surface area contributed by atoms with Crippen LogP contribution in [0.2, 0.25) is 5.02 Å². The van der Waals surface area contributed by atoms with Gasteiger partial charge in [-0.05, 0) is 70.1 Å². The van der Waals surface area contributed by atoms with Gasteiger partial charge >= 0.3 is 5.97 Å². The van der Waals surface area contributed by atoms with Crippen LogP contribution in [0.1, 0.15) is 58.7 Å². The molecule has 5 aromatic rings. The summed E-state index contributed by atoms with van der Waals surface area (Å²) in [6, 6.07) is 25.1. The van der Waals surface area contributed by atoms with E-state index in [4.69, 9.17) is 21.3 Å². The van der Waals surface area contributed by atoms with Gasteiger partial charge in [-0.25, -0.2) is 9.78 Å². The number of nitrogens with one attached hydrogen (secondary N) is 2. The number of H-pyrrole nitrogens is 1. The summed E-state index contributed by atoms with van der Waals surface area (Å²) in [6.45, 7) is 6.71. The van der Waals surface area contributed by atoms with Crippen molar-refractivity contribution in [3.63, 3.8) is 0 Å². The van der Waals surface area contributed by atoms with E-state index in [9.17, 15) is 14.7 Å². The number of benzene rings is 4. The zero-order chi connectivity index (χ0) is 30.0. The molecule has 42 heavy (non-hydrogen) atoms. The molecule has 1 amide bonds. The minimum atomic E-state index is -1.17. The topological polar surface area (TPSA) is 104 Å². The molecule has 1 unspecified atom stereocenters. The summed E-state index contributed by atoms with van der Waals surface area (Å²) >= 11 is 6.41. The number of carbonyl (C=O) groups excluding carboxylic acids is 1. The molecule has 214 valence electrons. The molecule has 1 aromatic heterocycles. The van der Waals surface area contributed by atoms with Crippen molar-refractivity contribution in [2.45, 2.75) is 32.2 Å². The molecule has 4 aromatic carbocycles. The number of fused-ring (bicyclic) bond motifs is 1. The highest BCUT2D eigenvalue weighted by molar-refractivity contribution is 6.31. The van der Waals surface area contributed by atoms with Crippen LogP contribution >= 0.6 is 11.6 Å². The van der Waals surface area contributed by atoms with Crippen LogP contribution in [0.25, 0.3) is 33.5 Å². The van der Waals surface area contributed by atoms with Gasteiger partial charge in [-0.1, -0.05) is 74.8 Å². The molecule has 0 saturated carbocycles. The molecule has 7 nitrogen and oxygen atoms in total. The summed E-state index contributed by atoms with van der Waals surface area (Å²) in [5, 5.41) is 13.6. The zero-order valence-electron chi connectivity index (χ0n) is 23.9. The van der Waals surface area contributed by atoms with Crippen molar-refractivity contribution >= 4 is 34.5 Å². The fourth-order valence-electron chi connectivity index (χ4n) is 4.96. The molecule has 0 aliphatic carbocycles. The van der Waals surface area contributed by atoms with Crippen LogP contribution in [0.4, 0.5) is 0 Å². The number of imidazole rings is 1. The number of carbonyl (C=O) groups is 2. The van der Waals surface area contributed by atoms with Gasteiger partial charge in [-0.2, -0.15) is 0 Å². The number of hydrogen-bond acceptors (Lipinski definition) is 4. The van der Waals surface area contributed by atoms with Gasteiger partial charge in [-0.3, -0.25) is 4.79 Å². The second-order valence-electron chi connectivity index (χ2n) is 11.2. The van der Waals surface area contributed by atoms with E-state index in [1.807, 2.05) is 42.5 Å². The van der Waals surface area contributed by atoms with Crippen molar-refractivity contribution in [2.75, 3.05) is 13.7 Å². The Bertz CT molecular complexity index is 1770. The Balaban J connectivity index is 1.54. The average molecular weight is 582 g/mol. The normalized spacial score (nSPS) is 12.3. The maximum Gasteiger partial charge on any atom is 0.336 e. The van der Waals surface area contributed by atoms with Crippen molar-refractivity contribution in [3.8, 4) is 22.5 Å². The van der Waals surface area contributed by atoms with Gasteiger partial charge in [0.2, 0.25) is 0 Å². The fraction of sp³-hybridized carbons (Fsp3) is 0.206. The maximum absolute atomic E-state index is 13.3. The number of rotatable bonds is 8. The maximum atomic E-state index is 13.3. The molecule has 1 heterocycles. The predicted molar refractivity (Wildman–Crippen MR) is 166 cm³/mol. The van der Waals surface area contributed by atoms with Crippen LogP contribution in [-0.2, 0) is 10.2 Å². The highest BCUT2D eigenvalue weighted by atomic mass is 35.5. The van der Waals surface area contributed by atoms with Crippen molar-refractivity contribution in [3.05, 3.63) is 112 Å². The first-order valence-electron chi connectivity index (χ1n) is 13.6. The molecule has 5 rings (SSSR count). The van der Waals surface area contributed by atoms with E-state index in [0.717, 1.165) is 22.2 Å². The van der Waals surface area contributed by atoms with Gasteiger partial charge in [0, 0.05) is 23.3 Å². The lowest BCUT2D eigenvalue weighted by molar-refractivity contribution is 0.0697. The molecular formula is C34H32ClN3O4. The molecule has 0 aliphatic heterocycles. The highest BCUT2D eigenvalue weighted by Crippen LogP contribution is 2.37. The molecule has 0 fully saturated rings. The van der Waals surface area contributed by atoms with Crippen LogP contribution < -0.4 is 5.32 Å². The molecule has 0 spiro atoms. The third kappa shape index (κ3) is 6.08. The number of nitrogens with zero attached hydrogens (tertiary/aromatic N) is 1. The van der Waals surface area contributed by atoms with E-state index < -0.39 is 17.9 Å². The number of halogens is 1. The Labute approximate surface area is 249 Å². The van der Waals surface area contributed by atoms with Crippen molar-refractivity contribution in [1.82, 2.24) is 15.3 Å². The van der Waals surface area contributed by atoms with Crippen molar-refractivity contribution < 1.29 is 19.4 Å². The predicted octanol–water partition coefficient (Wildman–Crippen LogP) is 7.66. The summed E-state index contributed by atoms with van der Waals surface area (Å²) in [6.07, 6.45) is 0. The monoisotopic (exact) mass is 581 g/mol. The summed E-state index contributed by atoms with van der Waals surface area (Å²) < 4.78 is 5.32. The number of ether oxygens (including phenoxy) is 1. The van der Waals surface area contributed by atoms with E-state index in [0.29, 0.717) is 27.5 Å². The third-order valence-corrected chi connectivity index (χ3v) is 7.46. The van der Waals surface area contributed by atoms with Crippen LogP contribution in [0.15, 0.2) is 84.9 Å². The number of aromatic carboxylic acids is 1. The summed E-state index contributed by atoms with van der Waals surface area (Å²) in [5.41, 5.74) is 5.58. The molecule has 0 bridgehead atoms. The van der Waals surface area contributed by atoms with Gasteiger partial charge in [0.1, 0.15) is 5.82 Å². The Hall–Kier alpha value is -4.46. The standard InChI is InChI=1S/C34H32ClN3O4/c1-34(2,3)22-11-15-28-29(17-22)37-31(36-28)25-14-12-23(35)18-26(25)24-13-10-21(16-27(24)33(40)41)32(39)38-30(19-42-4)20-8-6-5-7-9-20/h5-18,30H,19H2,1-4H3,(H,36,37)(H,38,39)(H,40,41). The largest absolute Gasteiger partial charge is 0.478 e. The first kappa shape index (κ1) is 29.0. The molecule has 8 heteroatoms. The zero-order valence-corrected chi connectivity index (χ0v) is 24.6. The second kappa shape index (κ2) is 11.8. The summed E-state index contributed by atoms with van der Waals surface area (Å²) in [5.74, 6) is -0.985. The Morgan fingerprint density at radius 3 is 2.38 bits per heavy atom. The Morgan fingerprint density at radius 2 is 1.69 bits per heavy atom. The lowest BCUT2D eigenvalue weighted by Crippen LogP contribution is -2.31. The van der Waals surface area contributed by atoms with Crippen LogP contribution in [0.3, 0.4) is 0 Å². The van der Waals surface area contributed by atoms with E-state index in [-0.39, 0.29) is 23.1 Å². The third-order valence-electron chi connectivity index (χ3n) is 7.23. The molecule has 1 atom stereocenters. The lowest BCUT2D eigenvalue weighted by atomic mass is 9.87. The first-order chi connectivity index (χ1) is 20.0. The van der Waals surface area contributed by atoms with Crippen molar-refractivity contribution in [1.29, 1.82) is 0 Å². The summed E-state index contributed by atoms with van der Waals surface area (Å²) in [7, 11) is 1.56. The molecular weight excluding hydrogens is 550 g/mol. The molecule has 3 N–H and O–H groups in total. The number of hydrogen-bond donors (Lipinski definition) is 3. The SMILES string of the molecule is COCC(NC(=O)c1ccc(-c2cc(Cl)ccc2-c2nc3cc(C(C)(C)C)ccc3[nH]2)c(C(=O)O)c1)c1ccccc1. The lowest BCUT2D eigenvalue weighted by Gasteiger charge is -2.19. The van der Waals surface area contributed by atoms with E-state index in [1.54, 1.807) is 31.4 Å². The van der Waals surface area contributed by atoms with E-state index in [1.165, 1.54) is 6.07 Å². The van der Waals surface area contributed by atoms with Gasteiger partial charge < -0.3 is 20.1 Å². The molecule has 0 radical (unpaired) electrons. The number of carboxylic acid groups (broad SMARTS) is 1. The number of methoxy groups -OCH3 is 1. The number of aromatic amines is 1. The first-order valence-corrected chi connectivity index (χ1v) is 14.0. The van der Waals surface area contributed by atoms with E-state index >= 15 is 0 Å². The van der Waals surface area contributed by atoms with Gasteiger partial charge in [0.15, 0.2) is 0 Å². The summed E-state index contributed by atoms with van der Waals surface area (Å²) in [4.78, 5) is 34.0. The van der Waals surface area contributed by atoms with Crippen LogP contribution in [-0.4, -0.2) is 40.7 Å². The Kier molecular flexibility index (Phi) is 8.16. The average Bonchev–Trinajstić information content (AvgIpc) is 3.40. The molecule has 0 saturated heterocycles. The van der Waals surface area contributed by atoms with Gasteiger partial charge in [0.05, 0.1) is 29.2 Å². The number of carboxylic acids is 1. The Morgan fingerprint density at radius 1 is 0.952 bits per heavy atom. The van der Waals surface area contributed by atoms with Crippen molar-refractivity contribution in [2.24, 2.45) is 0 Å². The van der Waals surface area contributed by atoms with Crippen LogP contribution in [0, 0.1) is 0 Å². The van der Waals surface area contributed by atoms with E-state index in [2.05, 4.69) is 43.2 Å². The quantitative estimate of drug-likeness (QED) is 0.174. The molecule has 0 aliphatic rings. The minimum absolute atomic E-state index is 0.0275. The number of amides is 1. The van der Waals surface area contributed by atoms with Gasteiger partial charge in [0.25, 0.3) is 5.91 Å². The second-order valence-corrected chi connectivity index (χ2v) is 11.7. The number of aromatic nitrogens is 2. The van der Waals surface area contributed by atoms with Crippen LogP contribution in [0.5, 0.6) is 0 Å². The fourth-order valence-corrected chi connectivity index (χ4v) is 5.13. The highest BCUT2D eigenvalue weighted by Gasteiger charge is 2.22. The smallest absolute Gasteiger partial charge is 0.336 e.